The van der Waals surface area contributed by atoms with Gasteiger partial charge < -0.3 is 21.1 Å². The van der Waals surface area contributed by atoms with Crippen LogP contribution >= 0.6 is 0 Å². The van der Waals surface area contributed by atoms with Gasteiger partial charge in [0.25, 0.3) is 0 Å². The number of sulfonamides is 1. The van der Waals surface area contributed by atoms with Gasteiger partial charge in [-0.3, -0.25) is 4.79 Å². The Bertz CT molecular complexity index is 807. The molecule has 0 aliphatic carbocycles. The van der Waals surface area contributed by atoms with Gasteiger partial charge in [-0.25, -0.2) is 13.2 Å². The van der Waals surface area contributed by atoms with E-state index in [1.807, 2.05) is 0 Å². The zero-order valence-corrected chi connectivity index (χ0v) is 17.6. The van der Waals surface area contributed by atoms with E-state index in [1.165, 1.54) is 17.5 Å². The Hall–Kier alpha value is -2.33. The summed E-state index contributed by atoms with van der Waals surface area (Å²) >= 11 is 0. The van der Waals surface area contributed by atoms with E-state index in [-0.39, 0.29) is 16.6 Å². The number of hydrogen-bond donors (Lipinski definition) is 3. The third-order valence-electron chi connectivity index (χ3n) is 4.76. The number of primary amides is 1. The molecule has 4 N–H and O–H groups in total. The maximum atomic E-state index is 13.0. The number of nitrogens with zero attached hydrogens (tertiary/aromatic N) is 1. The second kappa shape index (κ2) is 11.0. The lowest BCUT2D eigenvalue weighted by atomic mass is 10.2. The number of piperidine rings is 1. The molecule has 0 radical (unpaired) electrons. The number of carbonyl (C=O) groups is 2. The fourth-order valence-electron chi connectivity index (χ4n) is 3.22. The third-order valence-corrected chi connectivity index (χ3v) is 6.68. The van der Waals surface area contributed by atoms with E-state index in [4.69, 9.17) is 10.5 Å². The summed E-state index contributed by atoms with van der Waals surface area (Å²) in [6.07, 6.45) is 5.16. The summed E-state index contributed by atoms with van der Waals surface area (Å²) in [6, 6.07) is 4.08. The number of rotatable bonds is 10. The van der Waals surface area contributed by atoms with Crippen molar-refractivity contribution in [3.8, 4) is 5.75 Å². The van der Waals surface area contributed by atoms with Crippen molar-refractivity contribution in [2.24, 2.45) is 5.73 Å². The Morgan fingerprint density at radius 1 is 1.14 bits per heavy atom. The highest BCUT2D eigenvalue weighted by molar-refractivity contribution is 7.89. The van der Waals surface area contributed by atoms with Crippen molar-refractivity contribution in [1.82, 2.24) is 9.62 Å². The van der Waals surface area contributed by atoms with Crippen molar-refractivity contribution in [3.63, 3.8) is 0 Å². The topological polar surface area (TPSA) is 131 Å². The predicted molar refractivity (Wildman–Crippen MR) is 110 cm³/mol. The highest BCUT2D eigenvalue weighted by Crippen LogP contribution is 2.31. The smallest absolute Gasteiger partial charge is 0.312 e. The number of nitrogens with two attached hydrogens (primary N) is 1. The Morgan fingerprint density at radius 2 is 1.86 bits per heavy atom. The van der Waals surface area contributed by atoms with Crippen molar-refractivity contribution in [3.05, 3.63) is 18.2 Å². The number of anilines is 1. The van der Waals surface area contributed by atoms with Crippen LogP contribution in [0.15, 0.2) is 23.1 Å². The van der Waals surface area contributed by atoms with E-state index < -0.39 is 16.1 Å². The summed E-state index contributed by atoms with van der Waals surface area (Å²) in [5, 5.41) is 5.25. The summed E-state index contributed by atoms with van der Waals surface area (Å²) < 4.78 is 32.8. The molecular formula is C19H30N4O5S. The summed E-state index contributed by atoms with van der Waals surface area (Å²) in [6.45, 7) is 1.46. The number of hydrogen-bond acceptors (Lipinski definition) is 5. The largest absolute Gasteiger partial charge is 0.495 e. The highest BCUT2D eigenvalue weighted by atomic mass is 32.2. The lowest BCUT2D eigenvalue weighted by Gasteiger charge is -2.26. The number of urea groups is 1. The third kappa shape index (κ3) is 6.90. The molecule has 2 rings (SSSR count). The molecular weight excluding hydrogens is 396 g/mol. The molecule has 10 heteroatoms. The molecule has 1 aliphatic rings. The molecule has 1 aromatic rings. The standard InChI is InChI=1S/C19H30N4O5S/c1-28-16-10-9-15(22-18(24)8-4-2-5-11-21-19(20)25)14-17(16)29(26,27)23-12-6-3-7-13-23/h9-10,14H,2-8,11-13H2,1H3,(H,22,24)(H3,20,21,25). The Labute approximate surface area is 172 Å². The van der Waals surface area contributed by atoms with Gasteiger partial charge in [-0.05, 0) is 43.9 Å². The second-order valence-electron chi connectivity index (χ2n) is 6.98. The van der Waals surface area contributed by atoms with Gasteiger partial charge in [0.2, 0.25) is 15.9 Å². The van der Waals surface area contributed by atoms with Crippen molar-refractivity contribution in [2.75, 3.05) is 32.1 Å². The van der Waals surface area contributed by atoms with Crippen LogP contribution < -0.4 is 21.1 Å². The molecule has 3 amide bonds. The lowest BCUT2D eigenvalue weighted by molar-refractivity contribution is -0.116. The summed E-state index contributed by atoms with van der Waals surface area (Å²) in [7, 11) is -2.26. The van der Waals surface area contributed by atoms with Crippen molar-refractivity contribution in [1.29, 1.82) is 0 Å². The monoisotopic (exact) mass is 426 g/mol. The van der Waals surface area contributed by atoms with E-state index in [0.717, 1.165) is 32.1 Å². The van der Waals surface area contributed by atoms with E-state index in [2.05, 4.69) is 10.6 Å². The fraction of sp³-hybridized carbons (Fsp3) is 0.579. The molecule has 0 bridgehead atoms. The van der Waals surface area contributed by atoms with Gasteiger partial charge in [0, 0.05) is 31.7 Å². The minimum atomic E-state index is -3.69. The van der Waals surface area contributed by atoms with Gasteiger partial charge in [0.1, 0.15) is 10.6 Å². The first-order chi connectivity index (χ1) is 13.8. The number of unbranched alkanes of at least 4 members (excludes halogenated alkanes) is 2. The normalized spacial score (nSPS) is 14.9. The molecule has 1 aliphatic heterocycles. The zero-order chi connectivity index (χ0) is 21.3. The minimum absolute atomic E-state index is 0.0669. The summed E-state index contributed by atoms with van der Waals surface area (Å²) in [5.74, 6) is 0.0647. The number of methoxy groups -OCH3 is 1. The Morgan fingerprint density at radius 3 is 2.52 bits per heavy atom. The molecule has 1 heterocycles. The van der Waals surface area contributed by atoms with Gasteiger partial charge in [-0.1, -0.05) is 12.8 Å². The first kappa shape index (κ1) is 23.0. The van der Waals surface area contributed by atoms with E-state index >= 15 is 0 Å². The van der Waals surface area contributed by atoms with Gasteiger partial charge in [-0.2, -0.15) is 4.31 Å². The van der Waals surface area contributed by atoms with Crippen molar-refractivity contribution in [2.45, 2.75) is 49.8 Å². The average molecular weight is 427 g/mol. The second-order valence-corrected chi connectivity index (χ2v) is 8.89. The zero-order valence-electron chi connectivity index (χ0n) is 16.8. The number of carbonyl (C=O) groups excluding carboxylic acids is 2. The average Bonchev–Trinajstić information content (AvgIpc) is 2.71. The molecule has 29 heavy (non-hydrogen) atoms. The van der Waals surface area contributed by atoms with E-state index in [0.29, 0.717) is 38.2 Å². The van der Waals surface area contributed by atoms with Crippen LogP contribution in [0.4, 0.5) is 10.5 Å². The predicted octanol–water partition coefficient (Wildman–Crippen LogP) is 2.04. The first-order valence-electron chi connectivity index (χ1n) is 9.86. The van der Waals surface area contributed by atoms with Crippen LogP contribution in [0.25, 0.3) is 0 Å². The van der Waals surface area contributed by atoms with E-state index in [9.17, 15) is 18.0 Å². The summed E-state index contributed by atoms with van der Waals surface area (Å²) in [4.78, 5) is 22.8. The van der Waals surface area contributed by atoms with Crippen LogP contribution in [0.1, 0.15) is 44.9 Å². The molecule has 0 atom stereocenters. The Balaban J connectivity index is 1.97. The molecule has 9 nitrogen and oxygen atoms in total. The maximum absolute atomic E-state index is 13.0. The molecule has 1 fully saturated rings. The molecule has 0 aromatic heterocycles. The number of ether oxygens (including phenoxy) is 1. The number of amides is 3. The van der Waals surface area contributed by atoms with Crippen LogP contribution in [0.3, 0.4) is 0 Å². The molecule has 0 saturated carbocycles. The molecule has 1 aromatic carbocycles. The van der Waals surface area contributed by atoms with Crippen LogP contribution in [-0.4, -0.2) is 51.4 Å². The first-order valence-corrected chi connectivity index (χ1v) is 11.3. The van der Waals surface area contributed by atoms with Gasteiger partial charge >= 0.3 is 6.03 Å². The summed E-state index contributed by atoms with van der Waals surface area (Å²) in [5.41, 5.74) is 5.40. The fourth-order valence-corrected chi connectivity index (χ4v) is 4.92. The molecule has 0 unspecified atom stereocenters. The molecule has 162 valence electrons. The van der Waals surface area contributed by atoms with Gasteiger partial charge in [-0.15, -0.1) is 0 Å². The quantitative estimate of drug-likeness (QED) is 0.493. The van der Waals surface area contributed by atoms with Crippen molar-refractivity contribution >= 4 is 27.6 Å². The van der Waals surface area contributed by atoms with Crippen LogP contribution in [0.5, 0.6) is 5.75 Å². The molecule has 0 spiro atoms. The van der Waals surface area contributed by atoms with Gasteiger partial charge in [0.05, 0.1) is 7.11 Å². The highest BCUT2D eigenvalue weighted by Gasteiger charge is 2.29. The SMILES string of the molecule is COc1ccc(NC(=O)CCCCCNC(N)=O)cc1S(=O)(=O)N1CCCCC1. The van der Waals surface area contributed by atoms with Crippen LogP contribution in [0, 0.1) is 0 Å². The lowest BCUT2D eigenvalue weighted by Crippen LogP contribution is -2.35. The Kier molecular flexibility index (Phi) is 8.71. The minimum Gasteiger partial charge on any atom is -0.495 e. The number of nitrogens with one attached hydrogen (secondary N) is 2. The van der Waals surface area contributed by atoms with Crippen LogP contribution in [-0.2, 0) is 14.8 Å². The van der Waals surface area contributed by atoms with E-state index in [1.54, 1.807) is 12.1 Å². The number of benzene rings is 1. The maximum Gasteiger partial charge on any atom is 0.312 e. The van der Waals surface area contributed by atoms with Gasteiger partial charge in [0.15, 0.2) is 0 Å². The van der Waals surface area contributed by atoms with Crippen molar-refractivity contribution < 1.29 is 22.7 Å². The molecule has 1 saturated heterocycles. The van der Waals surface area contributed by atoms with Crippen LogP contribution in [0.2, 0.25) is 0 Å².